The number of anilines is 2. The van der Waals surface area contributed by atoms with Gasteiger partial charge in [0, 0.05) is 30.4 Å². The van der Waals surface area contributed by atoms with Crippen molar-refractivity contribution in [2.75, 3.05) is 16.8 Å². The monoisotopic (exact) mass is 334 g/mol. The van der Waals surface area contributed by atoms with Crippen molar-refractivity contribution in [3.8, 4) is 0 Å². The number of nitrogens with one attached hydrogen (secondary N) is 1. The highest BCUT2D eigenvalue weighted by molar-refractivity contribution is 6.06. The molecular formula is C21H22N2O2. The highest BCUT2D eigenvalue weighted by Crippen LogP contribution is 2.31. The zero-order valence-corrected chi connectivity index (χ0v) is 14.8. The van der Waals surface area contributed by atoms with Crippen LogP contribution in [0.5, 0.6) is 0 Å². The van der Waals surface area contributed by atoms with Crippen molar-refractivity contribution < 1.29 is 9.59 Å². The van der Waals surface area contributed by atoms with E-state index < -0.39 is 0 Å². The Labute approximate surface area is 148 Å². The lowest BCUT2D eigenvalue weighted by Gasteiger charge is -2.16. The number of rotatable bonds is 3. The lowest BCUT2D eigenvalue weighted by molar-refractivity contribution is -0.116. The fraction of sp³-hybridized carbons (Fsp3) is 0.238. The number of carbonyl (C=O) groups is 2. The average molecular weight is 334 g/mol. The van der Waals surface area contributed by atoms with Gasteiger partial charge in [-0.2, -0.15) is 0 Å². The largest absolute Gasteiger partial charge is 0.322 e. The third-order valence-electron chi connectivity index (χ3n) is 4.47. The predicted octanol–water partition coefficient (Wildman–Crippen LogP) is 4.19. The van der Waals surface area contributed by atoms with Crippen LogP contribution in [0.25, 0.3) is 6.08 Å². The van der Waals surface area contributed by atoms with Gasteiger partial charge in [-0.1, -0.05) is 30.4 Å². The number of carbonyl (C=O) groups excluding carboxylic acids is 2. The van der Waals surface area contributed by atoms with Crippen LogP contribution in [-0.2, 0) is 11.2 Å². The van der Waals surface area contributed by atoms with Gasteiger partial charge < -0.3 is 10.2 Å². The quantitative estimate of drug-likeness (QED) is 0.915. The van der Waals surface area contributed by atoms with E-state index in [-0.39, 0.29) is 11.8 Å². The topological polar surface area (TPSA) is 49.4 Å². The molecular weight excluding hydrogens is 312 g/mol. The first kappa shape index (κ1) is 17.0. The van der Waals surface area contributed by atoms with Gasteiger partial charge in [-0.25, -0.2) is 0 Å². The second-order valence-corrected chi connectivity index (χ2v) is 6.29. The first-order valence-corrected chi connectivity index (χ1v) is 8.45. The van der Waals surface area contributed by atoms with Gasteiger partial charge in [-0.05, 0) is 55.2 Å². The van der Waals surface area contributed by atoms with E-state index in [9.17, 15) is 9.59 Å². The fourth-order valence-electron chi connectivity index (χ4n) is 3.22. The lowest BCUT2D eigenvalue weighted by Crippen LogP contribution is -2.25. The molecule has 0 atom stereocenters. The summed E-state index contributed by atoms with van der Waals surface area (Å²) in [7, 11) is 0. The van der Waals surface area contributed by atoms with Crippen LogP contribution in [0, 0.1) is 6.92 Å². The van der Waals surface area contributed by atoms with Gasteiger partial charge in [-0.15, -0.1) is 0 Å². The summed E-state index contributed by atoms with van der Waals surface area (Å²) in [4.78, 5) is 26.1. The summed E-state index contributed by atoms with van der Waals surface area (Å²) in [5.41, 5.74) is 5.39. The zero-order chi connectivity index (χ0) is 18.0. The molecule has 25 heavy (non-hydrogen) atoms. The number of hydrogen-bond acceptors (Lipinski definition) is 2. The Balaban J connectivity index is 1.82. The van der Waals surface area contributed by atoms with Gasteiger partial charge in [0.2, 0.25) is 5.91 Å². The SMILES string of the molecule is C/C=C/c1ccc(C(=O)Nc2ccc3c(c2)N(C(C)=O)CC3)c(C)c1. The summed E-state index contributed by atoms with van der Waals surface area (Å²) in [6.45, 7) is 6.17. The molecule has 1 heterocycles. The van der Waals surface area contributed by atoms with Crippen molar-refractivity contribution in [3.05, 3.63) is 64.7 Å². The Hall–Kier alpha value is -2.88. The van der Waals surface area contributed by atoms with Gasteiger partial charge in [0.25, 0.3) is 5.91 Å². The molecule has 0 aromatic heterocycles. The number of amides is 2. The first-order chi connectivity index (χ1) is 12.0. The molecule has 4 heteroatoms. The highest BCUT2D eigenvalue weighted by atomic mass is 16.2. The average Bonchev–Trinajstić information content (AvgIpc) is 2.98. The second-order valence-electron chi connectivity index (χ2n) is 6.29. The van der Waals surface area contributed by atoms with E-state index >= 15 is 0 Å². The maximum Gasteiger partial charge on any atom is 0.255 e. The molecule has 0 spiro atoms. The molecule has 2 amide bonds. The minimum Gasteiger partial charge on any atom is -0.322 e. The minimum absolute atomic E-state index is 0.0256. The molecule has 0 aliphatic carbocycles. The van der Waals surface area contributed by atoms with Crippen LogP contribution in [0.4, 0.5) is 11.4 Å². The Bertz CT molecular complexity index is 868. The van der Waals surface area contributed by atoms with Crippen LogP contribution in [0.1, 0.15) is 40.9 Å². The van der Waals surface area contributed by atoms with Gasteiger partial charge in [0.15, 0.2) is 0 Å². The number of nitrogens with zero attached hydrogens (tertiary/aromatic N) is 1. The molecule has 128 valence electrons. The van der Waals surface area contributed by atoms with E-state index in [2.05, 4.69) is 5.32 Å². The third-order valence-corrected chi connectivity index (χ3v) is 4.47. The summed E-state index contributed by atoms with van der Waals surface area (Å²) >= 11 is 0. The molecule has 1 aliphatic heterocycles. The number of fused-ring (bicyclic) bond motifs is 1. The van der Waals surface area contributed by atoms with E-state index in [1.807, 2.05) is 62.4 Å². The van der Waals surface area contributed by atoms with E-state index in [0.717, 1.165) is 28.8 Å². The maximum atomic E-state index is 12.6. The summed E-state index contributed by atoms with van der Waals surface area (Å²) in [6, 6.07) is 11.5. The Morgan fingerprint density at radius 3 is 2.64 bits per heavy atom. The van der Waals surface area contributed by atoms with Crippen LogP contribution in [0.3, 0.4) is 0 Å². The van der Waals surface area contributed by atoms with E-state index in [0.29, 0.717) is 17.8 Å². The van der Waals surface area contributed by atoms with E-state index in [1.54, 1.807) is 11.8 Å². The van der Waals surface area contributed by atoms with Gasteiger partial charge in [0.1, 0.15) is 0 Å². The van der Waals surface area contributed by atoms with E-state index in [1.165, 1.54) is 0 Å². The van der Waals surface area contributed by atoms with Crippen molar-refractivity contribution in [1.82, 2.24) is 0 Å². The highest BCUT2D eigenvalue weighted by Gasteiger charge is 2.22. The zero-order valence-electron chi connectivity index (χ0n) is 14.8. The lowest BCUT2D eigenvalue weighted by atomic mass is 10.0. The third kappa shape index (κ3) is 3.48. The molecule has 0 fully saturated rings. The minimum atomic E-state index is -0.142. The van der Waals surface area contributed by atoms with Crippen molar-refractivity contribution >= 4 is 29.3 Å². The summed E-state index contributed by atoms with van der Waals surface area (Å²) in [6.07, 6.45) is 4.83. The standard InChI is InChI=1S/C21H22N2O2/c1-4-5-16-6-9-19(14(2)12-16)21(25)22-18-8-7-17-10-11-23(15(3)24)20(17)13-18/h4-9,12-13H,10-11H2,1-3H3,(H,22,25)/b5-4+. The van der Waals surface area contributed by atoms with Crippen LogP contribution in [-0.4, -0.2) is 18.4 Å². The van der Waals surface area contributed by atoms with Crippen molar-refractivity contribution in [2.45, 2.75) is 27.2 Å². The van der Waals surface area contributed by atoms with Gasteiger partial charge in [-0.3, -0.25) is 9.59 Å². The van der Waals surface area contributed by atoms with Crippen molar-refractivity contribution in [1.29, 1.82) is 0 Å². The molecule has 0 bridgehead atoms. The second kappa shape index (κ2) is 6.93. The Kier molecular flexibility index (Phi) is 4.70. The van der Waals surface area contributed by atoms with Crippen LogP contribution >= 0.6 is 0 Å². The number of benzene rings is 2. The van der Waals surface area contributed by atoms with Gasteiger partial charge >= 0.3 is 0 Å². The predicted molar refractivity (Wildman–Crippen MR) is 102 cm³/mol. The maximum absolute atomic E-state index is 12.6. The molecule has 0 unspecified atom stereocenters. The molecule has 0 radical (unpaired) electrons. The molecule has 3 rings (SSSR count). The number of hydrogen-bond donors (Lipinski definition) is 1. The van der Waals surface area contributed by atoms with Crippen molar-refractivity contribution in [3.63, 3.8) is 0 Å². The number of allylic oxidation sites excluding steroid dienone is 1. The summed E-state index contributed by atoms with van der Waals surface area (Å²) < 4.78 is 0. The summed E-state index contributed by atoms with van der Waals surface area (Å²) in [5.74, 6) is -0.116. The van der Waals surface area contributed by atoms with Crippen molar-refractivity contribution in [2.24, 2.45) is 0 Å². The van der Waals surface area contributed by atoms with Gasteiger partial charge in [0.05, 0.1) is 0 Å². The molecule has 1 aliphatic rings. The molecule has 4 nitrogen and oxygen atoms in total. The molecule has 2 aromatic rings. The molecule has 2 aromatic carbocycles. The normalized spacial score (nSPS) is 13.2. The number of aryl methyl sites for hydroxylation is 1. The summed E-state index contributed by atoms with van der Waals surface area (Å²) in [5, 5.41) is 2.94. The smallest absolute Gasteiger partial charge is 0.255 e. The van der Waals surface area contributed by atoms with Crippen LogP contribution in [0.15, 0.2) is 42.5 Å². The molecule has 0 saturated carbocycles. The Morgan fingerprint density at radius 1 is 1.16 bits per heavy atom. The Morgan fingerprint density at radius 2 is 1.96 bits per heavy atom. The molecule has 1 N–H and O–H groups in total. The van der Waals surface area contributed by atoms with Crippen LogP contribution in [0.2, 0.25) is 0 Å². The van der Waals surface area contributed by atoms with E-state index in [4.69, 9.17) is 0 Å². The molecule has 0 saturated heterocycles. The fourth-order valence-corrected chi connectivity index (χ4v) is 3.22. The van der Waals surface area contributed by atoms with Crippen LogP contribution < -0.4 is 10.2 Å². The first-order valence-electron chi connectivity index (χ1n) is 8.45.